The summed E-state index contributed by atoms with van der Waals surface area (Å²) in [6.45, 7) is 2.47. The number of H-pyrrole nitrogens is 1. The van der Waals surface area contributed by atoms with Crippen molar-refractivity contribution < 1.29 is 4.74 Å². The summed E-state index contributed by atoms with van der Waals surface area (Å²) >= 11 is 6.17. The molecule has 1 fully saturated rings. The van der Waals surface area contributed by atoms with E-state index in [-0.39, 0.29) is 6.04 Å². The van der Waals surface area contributed by atoms with Gasteiger partial charge in [-0.25, -0.2) is 0 Å². The molecule has 0 aliphatic carbocycles. The smallest absolute Gasteiger partial charge is 0.179 e. The van der Waals surface area contributed by atoms with Gasteiger partial charge in [-0.1, -0.05) is 11.6 Å². The Balaban J connectivity index is 1.72. The molecule has 0 amide bonds. The van der Waals surface area contributed by atoms with Gasteiger partial charge in [-0.05, 0) is 55.4 Å². The van der Waals surface area contributed by atoms with Crippen LogP contribution < -0.4 is 0 Å². The quantitative estimate of drug-likeness (QED) is 0.847. The molecule has 1 saturated heterocycles. The summed E-state index contributed by atoms with van der Waals surface area (Å²) < 4.78 is 5.63. The van der Waals surface area contributed by atoms with Crippen molar-refractivity contribution in [3.8, 4) is 6.19 Å². The molecule has 4 nitrogen and oxygen atoms in total. The van der Waals surface area contributed by atoms with E-state index in [0.29, 0.717) is 5.92 Å². The first-order valence-corrected chi connectivity index (χ1v) is 8.68. The van der Waals surface area contributed by atoms with E-state index in [1.165, 1.54) is 23.1 Å². The van der Waals surface area contributed by atoms with Crippen molar-refractivity contribution in [1.82, 2.24) is 9.88 Å². The predicted molar refractivity (Wildman–Crippen MR) is 90.2 cm³/mol. The Hall–Kier alpha value is -1.70. The van der Waals surface area contributed by atoms with Crippen molar-refractivity contribution in [2.45, 2.75) is 31.7 Å². The van der Waals surface area contributed by atoms with Gasteiger partial charge in [-0.15, -0.1) is 0 Å². The van der Waals surface area contributed by atoms with Crippen molar-refractivity contribution in [3.63, 3.8) is 0 Å². The van der Waals surface area contributed by atoms with Crippen LogP contribution in [0.25, 0.3) is 10.9 Å². The second-order valence-corrected chi connectivity index (χ2v) is 7.02. The fourth-order valence-corrected chi connectivity index (χ4v) is 4.18. The average Bonchev–Trinajstić information content (AvgIpc) is 2.94. The fraction of sp³-hybridized carbons (Fsp3) is 0.500. The Bertz CT molecular complexity index is 757. The summed E-state index contributed by atoms with van der Waals surface area (Å²) in [5.74, 6) is 0.533. The van der Waals surface area contributed by atoms with E-state index in [0.717, 1.165) is 49.6 Å². The van der Waals surface area contributed by atoms with E-state index in [1.807, 2.05) is 23.1 Å². The topological polar surface area (TPSA) is 52.0 Å². The van der Waals surface area contributed by atoms with Crippen LogP contribution in [0.2, 0.25) is 5.02 Å². The van der Waals surface area contributed by atoms with Crippen LogP contribution in [0.1, 0.15) is 36.6 Å². The Morgan fingerprint density at radius 3 is 3.13 bits per heavy atom. The number of hydrogen-bond donors (Lipinski definition) is 1. The van der Waals surface area contributed by atoms with E-state index in [9.17, 15) is 5.26 Å². The molecule has 1 N–H and O–H groups in total. The minimum atomic E-state index is 0.127. The standard InChI is InChI=1S/C18H20ClN3O/c19-13-3-4-16-15(9-13)14-5-6-22(11-20)17(18(14)21-16)8-12-2-1-7-23-10-12/h3-4,9,12,17,21H,1-2,5-8,10H2/t12?,17-/m0/s1. The first kappa shape index (κ1) is 14.9. The first-order valence-electron chi connectivity index (χ1n) is 8.30. The number of halogens is 1. The number of fused-ring (bicyclic) bond motifs is 3. The zero-order valence-corrected chi connectivity index (χ0v) is 13.8. The van der Waals surface area contributed by atoms with Gasteiger partial charge in [0.2, 0.25) is 0 Å². The molecular formula is C18H20ClN3O. The van der Waals surface area contributed by atoms with Crippen LogP contribution in [0.15, 0.2) is 18.2 Å². The summed E-state index contributed by atoms with van der Waals surface area (Å²) in [5.41, 5.74) is 3.64. The number of hydrogen-bond acceptors (Lipinski definition) is 3. The molecule has 120 valence electrons. The number of aromatic nitrogens is 1. The van der Waals surface area contributed by atoms with Gasteiger partial charge in [0.15, 0.2) is 6.19 Å². The van der Waals surface area contributed by atoms with Crippen LogP contribution in [0.4, 0.5) is 0 Å². The van der Waals surface area contributed by atoms with Crippen molar-refractivity contribution in [3.05, 3.63) is 34.5 Å². The van der Waals surface area contributed by atoms with Crippen molar-refractivity contribution in [2.24, 2.45) is 5.92 Å². The van der Waals surface area contributed by atoms with Crippen LogP contribution in [0.5, 0.6) is 0 Å². The number of nitrogens with zero attached hydrogens (tertiary/aromatic N) is 2. The van der Waals surface area contributed by atoms with Crippen molar-refractivity contribution in [1.29, 1.82) is 5.26 Å². The van der Waals surface area contributed by atoms with E-state index >= 15 is 0 Å². The molecule has 4 rings (SSSR count). The summed E-state index contributed by atoms with van der Waals surface area (Å²) in [7, 11) is 0. The predicted octanol–water partition coefficient (Wildman–Crippen LogP) is 4.02. The monoisotopic (exact) mass is 329 g/mol. The molecule has 3 heterocycles. The van der Waals surface area contributed by atoms with E-state index < -0.39 is 0 Å². The lowest BCUT2D eigenvalue weighted by Crippen LogP contribution is -2.34. The molecule has 23 heavy (non-hydrogen) atoms. The summed E-state index contributed by atoms with van der Waals surface area (Å²) in [4.78, 5) is 5.48. The lowest BCUT2D eigenvalue weighted by Gasteiger charge is -2.35. The highest BCUT2D eigenvalue weighted by Gasteiger charge is 2.32. The van der Waals surface area contributed by atoms with Crippen LogP contribution in [0, 0.1) is 17.4 Å². The summed E-state index contributed by atoms with van der Waals surface area (Å²) in [6.07, 6.45) is 6.57. The van der Waals surface area contributed by atoms with Gasteiger partial charge >= 0.3 is 0 Å². The van der Waals surface area contributed by atoms with E-state index in [1.54, 1.807) is 0 Å². The molecule has 1 unspecified atom stereocenters. The van der Waals surface area contributed by atoms with Gasteiger partial charge in [-0.3, -0.25) is 0 Å². The maximum Gasteiger partial charge on any atom is 0.179 e. The van der Waals surface area contributed by atoms with Crippen LogP contribution in [-0.2, 0) is 11.2 Å². The summed E-state index contributed by atoms with van der Waals surface area (Å²) in [6, 6.07) is 6.11. The Labute approximate surface area is 141 Å². The second kappa shape index (κ2) is 6.07. The van der Waals surface area contributed by atoms with E-state index in [4.69, 9.17) is 16.3 Å². The van der Waals surface area contributed by atoms with Crippen LogP contribution in [-0.4, -0.2) is 29.6 Å². The SMILES string of the molecule is N#CN1CCc2c([nH]c3ccc(Cl)cc23)[C@@H]1CC1CCCOC1. The largest absolute Gasteiger partial charge is 0.381 e. The number of nitrogens with one attached hydrogen (secondary N) is 1. The number of aromatic amines is 1. The highest BCUT2D eigenvalue weighted by atomic mass is 35.5. The molecule has 2 atom stereocenters. The molecule has 0 radical (unpaired) electrons. The van der Waals surface area contributed by atoms with Gasteiger partial charge in [0.05, 0.1) is 6.04 Å². The molecule has 2 aliphatic rings. The fourth-order valence-electron chi connectivity index (χ4n) is 4.01. The number of benzene rings is 1. The zero-order chi connectivity index (χ0) is 15.8. The van der Waals surface area contributed by atoms with Gasteiger partial charge in [0.1, 0.15) is 0 Å². The maximum absolute atomic E-state index is 9.55. The number of nitriles is 1. The van der Waals surface area contributed by atoms with Crippen LogP contribution in [0.3, 0.4) is 0 Å². The molecule has 0 spiro atoms. The number of ether oxygens (including phenoxy) is 1. The molecule has 2 aromatic rings. The van der Waals surface area contributed by atoms with Gasteiger partial charge in [-0.2, -0.15) is 5.26 Å². The third-order valence-electron chi connectivity index (χ3n) is 5.15. The van der Waals surface area contributed by atoms with Gasteiger partial charge < -0.3 is 14.6 Å². The first-order chi connectivity index (χ1) is 11.3. The highest BCUT2D eigenvalue weighted by molar-refractivity contribution is 6.31. The lowest BCUT2D eigenvalue weighted by atomic mass is 9.88. The second-order valence-electron chi connectivity index (χ2n) is 6.59. The van der Waals surface area contributed by atoms with E-state index in [2.05, 4.69) is 11.2 Å². The normalized spacial score (nSPS) is 24.4. The third kappa shape index (κ3) is 2.69. The third-order valence-corrected chi connectivity index (χ3v) is 5.39. The van der Waals surface area contributed by atoms with Crippen LogP contribution >= 0.6 is 11.6 Å². The Kier molecular flexibility index (Phi) is 3.92. The molecular weight excluding hydrogens is 310 g/mol. The average molecular weight is 330 g/mol. The van der Waals surface area contributed by atoms with Crippen molar-refractivity contribution >= 4 is 22.5 Å². The van der Waals surface area contributed by atoms with Crippen molar-refractivity contribution in [2.75, 3.05) is 19.8 Å². The Morgan fingerprint density at radius 2 is 2.35 bits per heavy atom. The lowest BCUT2D eigenvalue weighted by molar-refractivity contribution is 0.0406. The maximum atomic E-state index is 9.55. The minimum absolute atomic E-state index is 0.127. The highest BCUT2D eigenvalue weighted by Crippen LogP contribution is 2.39. The molecule has 1 aromatic carbocycles. The van der Waals surface area contributed by atoms with Gasteiger partial charge in [0, 0.05) is 41.4 Å². The molecule has 2 aliphatic heterocycles. The Morgan fingerprint density at radius 1 is 1.43 bits per heavy atom. The molecule has 1 aromatic heterocycles. The van der Waals surface area contributed by atoms with Gasteiger partial charge in [0.25, 0.3) is 0 Å². The zero-order valence-electron chi connectivity index (χ0n) is 13.0. The molecule has 5 heteroatoms. The molecule has 0 saturated carbocycles. The minimum Gasteiger partial charge on any atom is -0.381 e. The molecule has 0 bridgehead atoms. The number of rotatable bonds is 2. The summed E-state index contributed by atoms with van der Waals surface area (Å²) in [5, 5.41) is 11.5.